The van der Waals surface area contributed by atoms with Gasteiger partial charge in [-0.05, 0) is 18.2 Å². The highest BCUT2D eigenvalue weighted by Crippen LogP contribution is 2.32. The molecule has 0 aliphatic carbocycles. The second-order valence-corrected chi connectivity index (χ2v) is 4.22. The first-order chi connectivity index (χ1) is 10.3. The van der Waals surface area contributed by atoms with E-state index in [0.29, 0.717) is 0 Å². The molecule has 0 atom stereocenters. The Hall–Kier alpha value is -2.77. The number of amides is 1. The lowest BCUT2D eigenvalue weighted by molar-refractivity contribution is -0.137. The van der Waals surface area contributed by atoms with E-state index >= 15 is 0 Å². The Balaban J connectivity index is 2.34. The molecule has 0 bridgehead atoms. The van der Waals surface area contributed by atoms with Gasteiger partial charge in [0, 0.05) is 12.1 Å². The molecule has 2 rings (SSSR count). The van der Waals surface area contributed by atoms with E-state index < -0.39 is 17.6 Å². The van der Waals surface area contributed by atoms with Crippen molar-refractivity contribution in [1.29, 1.82) is 0 Å². The summed E-state index contributed by atoms with van der Waals surface area (Å²) < 4.78 is 48.1. The second kappa shape index (κ2) is 5.92. The standard InChI is InChI=1S/C14H11F3N2O3/c1-21-10-6-11(13(18)20)19-12(7-10)22-9-4-2-3-8(5-9)14(15,16)17/h2-7H,1H3,(H2,18,20). The maximum atomic E-state index is 12.6. The number of hydrogen-bond acceptors (Lipinski definition) is 4. The van der Waals surface area contributed by atoms with Crippen LogP contribution in [0.2, 0.25) is 0 Å². The minimum absolute atomic E-state index is 0.0778. The van der Waals surface area contributed by atoms with Gasteiger partial charge in [-0.15, -0.1) is 0 Å². The zero-order valence-electron chi connectivity index (χ0n) is 11.3. The van der Waals surface area contributed by atoms with E-state index in [1.165, 1.54) is 31.4 Å². The summed E-state index contributed by atoms with van der Waals surface area (Å²) in [7, 11) is 1.36. The van der Waals surface area contributed by atoms with Gasteiger partial charge in [-0.3, -0.25) is 4.79 Å². The van der Waals surface area contributed by atoms with Gasteiger partial charge in [0.15, 0.2) is 0 Å². The van der Waals surface area contributed by atoms with Crippen LogP contribution in [0.5, 0.6) is 17.4 Å². The van der Waals surface area contributed by atoms with Crippen LogP contribution in [0.4, 0.5) is 13.2 Å². The van der Waals surface area contributed by atoms with Crippen molar-refractivity contribution >= 4 is 5.91 Å². The highest BCUT2D eigenvalue weighted by molar-refractivity contribution is 5.91. The molecule has 0 aliphatic heterocycles. The number of ether oxygens (including phenoxy) is 2. The zero-order chi connectivity index (χ0) is 16.3. The summed E-state index contributed by atoms with van der Waals surface area (Å²) in [6.07, 6.45) is -4.49. The number of carbonyl (C=O) groups is 1. The molecule has 2 aromatic rings. The molecular weight excluding hydrogens is 301 g/mol. The van der Waals surface area contributed by atoms with E-state index in [4.69, 9.17) is 15.2 Å². The quantitative estimate of drug-likeness (QED) is 0.941. The molecule has 8 heteroatoms. The van der Waals surface area contributed by atoms with Gasteiger partial charge in [-0.2, -0.15) is 13.2 Å². The van der Waals surface area contributed by atoms with E-state index in [9.17, 15) is 18.0 Å². The zero-order valence-corrected chi connectivity index (χ0v) is 11.3. The van der Waals surface area contributed by atoms with Crippen molar-refractivity contribution in [2.75, 3.05) is 7.11 Å². The van der Waals surface area contributed by atoms with Crippen molar-refractivity contribution in [1.82, 2.24) is 4.98 Å². The molecule has 0 aliphatic rings. The maximum Gasteiger partial charge on any atom is 0.416 e. The fourth-order valence-corrected chi connectivity index (χ4v) is 1.63. The Morgan fingerprint density at radius 3 is 2.50 bits per heavy atom. The topological polar surface area (TPSA) is 74.4 Å². The summed E-state index contributed by atoms with van der Waals surface area (Å²) in [5, 5.41) is 0. The minimum Gasteiger partial charge on any atom is -0.496 e. The molecule has 5 nitrogen and oxygen atoms in total. The van der Waals surface area contributed by atoms with Crippen LogP contribution in [0.3, 0.4) is 0 Å². The van der Waals surface area contributed by atoms with Gasteiger partial charge in [0.05, 0.1) is 12.7 Å². The van der Waals surface area contributed by atoms with Crippen LogP contribution in [0.1, 0.15) is 16.1 Å². The van der Waals surface area contributed by atoms with Gasteiger partial charge in [0.2, 0.25) is 5.88 Å². The Kier molecular flexibility index (Phi) is 4.20. The first-order valence-electron chi connectivity index (χ1n) is 6.00. The van der Waals surface area contributed by atoms with E-state index in [0.717, 1.165) is 12.1 Å². The van der Waals surface area contributed by atoms with Crippen LogP contribution in [-0.4, -0.2) is 18.0 Å². The smallest absolute Gasteiger partial charge is 0.416 e. The summed E-state index contributed by atoms with van der Waals surface area (Å²) in [5.74, 6) is -0.753. The SMILES string of the molecule is COc1cc(Oc2cccc(C(F)(F)F)c2)nc(C(N)=O)c1. The Morgan fingerprint density at radius 1 is 1.18 bits per heavy atom. The molecule has 0 fully saturated rings. The van der Waals surface area contributed by atoms with Gasteiger partial charge in [0.25, 0.3) is 5.91 Å². The lowest BCUT2D eigenvalue weighted by atomic mass is 10.2. The largest absolute Gasteiger partial charge is 0.496 e. The summed E-state index contributed by atoms with van der Waals surface area (Å²) in [6.45, 7) is 0. The Bertz CT molecular complexity index is 702. The van der Waals surface area contributed by atoms with Crippen LogP contribution in [0.25, 0.3) is 0 Å². The van der Waals surface area contributed by atoms with Crippen LogP contribution in [-0.2, 0) is 6.18 Å². The molecule has 1 heterocycles. The van der Waals surface area contributed by atoms with E-state index in [-0.39, 0.29) is 23.1 Å². The van der Waals surface area contributed by atoms with Gasteiger partial charge in [0.1, 0.15) is 17.2 Å². The van der Waals surface area contributed by atoms with Gasteiger partial charge >= 0.3 is 6.18 Å². The monoisotopic (exact) mass is 312 g/mol. The number of nitrogens with two attached hydrogens (primary N) is 1. The van der Waals surface area contributed by atoms with Crippen molar-refractivity contribution in [2.45, 2.75) is 6.18 Å². The highest BCUT2D eigenvalue weighted by atomic mass is 19.4. The summed E-state index contributed by atoms with van der Waals surface area (Å²) in [4.78, 5) is 15.0. The number of nitrogens with zero attached hydrogens (tertiary/aromatic N) is 1. The summed E-state index contributed by atoms with van der Waals surface area (Å²) in [5.41, 5.74) is 4.14. The molecule has 1 aromatic carbocycles. The minimum atomic E-state index is -4.49. The molecule has 2 N–H and O–H groups in total. The number of alkyl halides is 3. The molecular formula is C14H11F3N2O3. The van der Waals surface area contributed by atoms with Crippen LogP contribution >= 0.6 is 0 Å². The highest BCUT2D eigenvalue weighted by Gasteiger charge is 2.30. The third-order valence-electron chi connectivity index (χ3n) is 2.65. The fraction of sp³-hybridized carbons (Fsp3) is 0.143. The molecule has 0 spiro atoms. The first-order valence-corrected chi connectivity index (χ1v) is 6.00. The van der Waals surface area contributed by atoms with E-state index in [1.807, 2.05) is 0 Å². The Labute approximate surface area is 123 Å². The molecule has 0 saturated heterocycles. The lowest BCUT2D eigenvalue weighted by Crippen LogP contribution is -2.13. The number of halogens is 3. The van der Waals surface area contributed by atoms with E-state index in [1.54, 1.807) is 0 Å². The van der Waals surface area contributed by atoms with Gasteiger partial charge in [-0.25, -0.2) is 4.98 Å². The van der Waals surface area contributed by atoms with Crippen molar-refractivity contribution in [3.8, 4) is 17.4 Å². The maximum absolute atomic E-state index is 12.6. The normalized spacial score (nSPS) is 11.1. The molecule has 0 radical (unpaired) electrons. The van der Waals surface area contributed by atoms with Crippen LogP contribution in [0.15, 0.2) is 36.4 Å². The molecule has 0 unspecified atom stereocenters. The second-order valence-electron chi connectivity index (χ2n) is 4.22. The molecule has 1 aromatic heterocycles. The number of rotatable bonds is 4. The number of primary amides is 1. The van der Waals surface area contributed by atoms with Crippen molar-refractivity contribution in [2.24, 2.45) is 5.73 Å². The van der Waals surface area contributed by atoms with Crippen LogP contribution in [0, 0.1) is 0 Å². The summed E-state index contributed by atoms with van der Waals surface area (Å²) >= 11 is 0. The predicted molar refractivity (Wildman–Crippen MR) is 70.8 cm³/mol. The number of hydrogen-bond donors (Lipinski definition) is 1. The van der Waals surface area contributed by atoms with Crippen molar-refractivity contribution in [3.05, 3.63) is 47.7 Å². The fourth-order valence-electron chi connectivity index (χ4n) is 1.63. The molecule has 1 amide bonds. The summed E-state index contributed by atoms with van der Waals surface area (Å²) in [6, 6.07) is 6.90. The van der Waals surface area contributed by atoms with Gasteiger partial charge < -0.3 is 15.2 Å². The molecule has 116 valence electrons. The number of benzene rings is 1. The number of pyridine rings is 1. The number of methoxy groups -OCH3 is 1. The third-order valence-corrected chi connectivity index (χ3v) is 2.65. The lowest BCUT2D eigenvalue weighted by Gasteiger charge is -2.10. The van der Waals surface area contributed by atoms with Gasteiger partial charge in [-0.1, -0.05) is 6.07 Å². The molecule has 0 saturated carbocycles. The predicted octanol–water partition coefficient (Wildman–Crippen LogP) is 3.00. The number of aromatic nitrogens is 1. The Morgan fingerprint density at radius 2 is 1.91 bits per heavy atom. The van der Waals surface area contributed by atoms with Crippen LogP contribution < -0.4 is 15.2 Å². The number of carbonyl (C=O) groups excluding carboxylic acids is 1. The average molecular weight is 312 g/mol. The average Bonchev–Trinajstić information content (AvgIpc) is 2.46. The first kappa shape index (κ1) is 15.6. The van der Waals surface area contributed by atoms with Crippen molar-refractivity contribution in [3.63, 3.8) is 0 Å². The van der Waals surface area contributed by atoms with Crippen molar-refractivity contribution < 1.29 is 27.4 Å². The van der Waals surface area contributed by atoms with E-state index in [2.05, 4.69) is 4.98 Å². The third kappa shape index (κ3) is 3.66. The molecule has 22 heavy (non-hydrogen) atoms.